The minimum absolute atomic E-state index is 0.808. The molecular weight excluding hydrogens is 170 g/mol. The number of nitrogens with zero attached hydrogens (tertiary/aromatic N) is 1. The zero-order chi connectivity index (χ0) is 7.40. The van der Waals surface area contributed by atoms with Gasteiger partial charge in [-0.2, -0.15) is 0 Å². The summed E-state index contributed by atoms with van der Waals surface area (Å²) in [5, 5.41) is 7.48. The van der Waals surface area contributed by atoms with Crippen molar-refractivity contribution in [2.75, 3.05) is 13.1 Å². The molecule has 0 aromatic heterocycles. The van der Waals surface area contributed by atoms with E-state index in [1.807, 2.05) is 0 Å². The van der Waals surface area contributed by atoms with Crippen molar-refractivity contribution >= 4 is 27.1 Å². The van der Waals surface area contributed by atoms with Gasteiger partial charge in [0.05, 0.1) is 0 Å². The predicted octanol–water partition coefficient (Wildman–Crippen LogP) is 2.06. The highest BCUT2D eigenvalue weighted by molar-refractivity contribution is 8.81. The van der Waals surface area contributed by atoms with Crippen LogP contribution in [0.15, 0.2) is 0 Å². The van der Waals surface area contributed by atoms with Crippen molar-refractivity contribution in [3.05, 3.63) is 0 Å². The molecule has 0 amide bonds. The maximum absolute atomic E-state index is 10.1. The fraction of sp³-hybridized carbons (Fsp3) is 0.800. The summed E-state index contributed by atoms with van der Waals surface area (Å²) in [6.07, 6.45) is 2.40. The minimum Gasteiger partial charge on any atom is -0.472 e. The second kappa shape index (κ2) is 4.10. The molecule has 0 saturated carbocycles. The molecule has 58 valence electrons. The molecular formula is C5H9NO2S2. The van der Waals surface area contributed by atoms with Gasteiger partial charge in [-0.05, 0) is 12.8 Å². The lowest BCUT2D eigenvalue weighted by atomic mass is 10.4. The van der Waals surface area contributed by atoms with Crippen LogP contribution in [0.2, 0.25) is 0 Å². The van der Waals surface area contributed by atoms with Crippen molar-refractivity contribution in [1.82, 2.24) is 4.31 Å². The first kappa shape index (κ1) is 8.23. The van der Waals surface area contributed by atoms with Gasteiger partial charge in [0.25, 0.3) is 0 Å². The summed E-state index contributed by atoms with van der Waals surface area (Å²) in [5.41, 5.74) is 0. The van der Waals surface area contributed by atoms with Crippen LogP contribution in [0.4, 0.5) is 4.79 Å². The molecule has 0 radical (unpaired) electrons. The summed E-state index contributed by atoms with van der Waals surface area (Å²) in [5.74, 6) is 0. The highest BCUT2D eigenvalue weighted by atomic mass is 33.1. The van der Waals surface area contributed by atoms with E-state index in [0.29, 0.717) is 0 Å². The van der Waals surface area contributed by atoms with E-state index in [4.69, 9.17) is 5.11 Å². The van der Waals surface area contributed by atoms with Crippen molar-refractivity contribution < 1.29 is 9.90 Å². The zero-order valence-electron chi connectivity index (χ0n) is 5.45. The fourth-order valence-electron chi connectivity index (χ4n) is 0.847. The van der Waals surface area contributed by atoms with Crippen LogP contribution in [-0.2, 0) is 0 Å². The average Bonchev–Trinajstić information content (AvgIpc) is 2.34. The summed E-state index contributed by atoms with van der Waals surface area (Å²) >= 11 is 0. The summed E-state index contributed by atoms with van der Waals surface area (Å²) < 4.78 is 2.08. The highest BCUT2D eigenvalue weighted by Gasteiger charge is 2.13. The van der Waals surface area contributed by atoms with Gasteiger partial charge in [-0.25, -0.2) is 9.10 Å². The van der Waals surface area contributed by atoms with Gasteiger partial charge < -0.3 is 5.11 Å². The molecule has 0 spiro atoms. The lowest BCUT2D eigenvalue weighted by Gasteiger charge is -2.08. The predicted molar refractivity (Wildman–Crippen MR) is 44.0 cm³/mol. The first-order chi connectivity index (χ1) is 4.79. The Labute approximate surface area is 67.7 Å². The first-order valence-corrected chi connectivity index (χ1v) is 5.22. The second-order valence-electron chi connectivity index (χ2n) is 2.06. The molecule has 0 aromatic rings. The smallest absolute Gasteiger partial charge is 0.376 e. The van der Waals surface area contributed by atoms with Gasteiger partial charge in [-0.15, -0.1) is 0 Å². The van der Waals surface area contributed by atoms with Gasteiger partial charge in [0.2, 0.25) is 0 Å². The molecule has 5 heteroatoms. The van der Waals surface area contributed by atoms with Gasteiger partial charge in [0, 0.05) is 34.9 Å². The molecule has 0 unspecified atom stereocenters. The van der Waals surface area contributed by atoms with E-state index in [-0.39, 0.29) is 0 Å². The van der Waals surface area contributed by atoms with Crippen LogP contribution in [-0.4, -0.2) is 27.8 Å². The van der Waals surface area contributed by atoms with E-state index in [9.17, 15) is 4.79 Å². The lowest BCUT2D eigenvalue weighted by Crippen LogP contribution is -2.07. The van der Waals surface area contributed by atoms with E-state index in [1.165, 1.54) is 23.8 Å². The maximum Gasteiger partial charge on any atom is 0.376 e. The third-order valence-electron chi connectivity index (χ3n) is 1.28. The Morgan fingerprint density at radius 2 is 2.00 bits per heavy atom. The molecule has 10 heavy (non-hydrogen) atoms. The Morgan fingerprint density at radius 1 is 1.40 bits per heavy atom. The maximum atomic E-state index is 10.1. The van der Waals surface area contributed by atoms with E-state index in [2.05, 4.69) is 4.31 Å². The summed E-state index contributed by atoms with van der Waals surface area (Å²) in [7, 11) is 2.23. The Hall–Kier alpha value is 0.130. The normalized spacial score (nSPS) is 19.6. The van der Waals surface area contributed by atoms with Crippen molar-refractivity contribution in [2.45, 2.75) is 12.8 Å². The van der Waals surface area contributed by atoms with E-state index in [1.54, 1.807) is 0 Å². The molecule has 0 aromatic carbocycles. The molecule has 1 aliphatic rings. The van der Waals surface area contributed by atoms with Crippen molar-refractivity contribution in [1.29, 1.82) is 0 Å². The Balaban J connectivity index is 2.07. The van der Waals surface area contributed by atoms with Crippen LogP contribution in [0.5, 0.6) is 0 Å². The number of hydrogen-bond donors (Lipinski definition) is 1. The monoisotopic (exact) mass is 179 g/mol. The zero-order valence-corrected chi connectivity index (χ0v) is 7.08. The molecule has 0 bridgehead atoms. The van der Waals surface area contributed by atoms with Crippen LogP contribution < -0.4 is 0 Å². The van der Waals surface area contributed by atoms with Crippen molar-refractivity contribution in [3.63, 3.8) is 0 Å². The Bertz CT molecular complexity index is 125. The van der Waals surface area contributed by atoms with Gasteiger partial charge in [0.15, 0.2) is 0 Å². The van der Waals surface area contributed by atoms with E-state index < -0.39 is 5.30 Å². The lowest BCUT2D eigenvalue weighted by molar-refractivity contribution is 0.222. The highest BCUT2D eigenvalue weighted by Crippen LogP contribution is 2.29. The third kappa shape index (κ3) is 2.81. The number of rotatable bonds is 2. The molecule has 0 atom stereocenters. The van der Waals surface area contributed by atoms with Crippen LogP contribution in [0.3, 0.4) is 0 Å². The molecule has 1 rings (SSSR count). The molecule has 1 aliphatic heterocycles. The van der Waals surface area contributed by atoms with Gasteiger partial charge in [-0.1, -0.05) is 0 Å². The second-order valence-corrected chi connectivity index (χ2v) is 4.19. The minimum atomic E-state index is -0.808. The first-order valence-electron chi connectivity index (χ1n) is 3.11. The van der Waals surface area contributed by atoms with E-state index >= 15 is 0 Å². The van der Waals surface area contributed by atoms with Gasteiger partial charge in [0.1, 0.15) is 0 Å². The summed E-state index contributed by atoms with van der Waals surface area (Å²) in [6.45, 7) is 2.07. The summed E-state index contributed by atoms with van der Waals surface area (Å²) in [6, 6.07) is 0. The third-order valence-corrected chi connectivity index (χ3v) is 3.36. The fourth-order valence-corrected chi connectivity index (χ4v) is 2.38. The molecule has 1 fully saturated rings. The van der Waals surface area contributed by atoms with Crippen LogP contribution in [0.25, 0.3) is 0 Å². The molecule has 1 saturated heterocycles. The van der Waals surface area contributed by atoms with E-state index in [0.717, 1.165) is 23.9 Å². The van der Waals surface area contributed by atoms with Gasteiger partial charge >= 0.3 is 5.30 Å². The standard InChI is InChI=1S/C5H9NO2S2/c7-5(8)9-10-6-3-1-2-4-6/h1-4H2,(H,7,8). The number of carbonyl (C=O) groups is 1. The number of hydrogen-bond acceptors (Lipinski definition) is 4. The SMILES string of the molecule is O=C(O)SSN1CCCC1. The molecule has 1 N–H and O–H groups in total. The molecule has 3 nitrogen and oxygen atoms in total. The van der Waals surface area contributed by atoms with Crippen LogP contribution >= 0.6 is 21.8 Å². The Morgan fingerprint density at radius 3 is 2.50 bits per heavy atom. The Kier molecular flexibility index (Phi) is 3.37. The van der Waals surface area contributed by atoms with Crippen LogP contribution in [0.1, 0.15) is 12.8 Å². The molecule has 1 heterocycles. The topological polar surface area (TPSA) is 40.5 Å². The summed E-state index contributed by atoms with van der Waals surface area (Å²) in [4.78, 5) is 10.1. The molecule has 0 aliphatic carbocycles. The number of carboxylic acid groups (broad SMARTS) is 1. The van der Waals surface area contributed by atoms with Crippen molar-refractivity contribution in [2.24, 2.45) is 0 Å². The quantitative estimate of drug-likeness (QED) is 0.519. The van der Waals surface area contributed by atoms with Crippen LogP contribution in [0, 0.1) is 0 Å². The van der Waals surface area contributed by atoms with Gasteiger partial charge in [-0.3, -0.25) is 0 Å². The van der Waals surface area contributed by atoms with Crippen molar-refractivity contribution in [3.8, 4) is 0 Å². The average molecular weight is 179 g/mol. The largest absolute Gasteiger partial charge is 0.472 e.